The maximum atomic E-state index is 11.0. The van der Waals surface area contributed by atoms with Crippen molar-refractivity contribution >= 4 is 5.78 Å². The van der Waals surface area contributed by atoms with Crippen molar-refractivity contribution in [3.63, 3.8) is 0 Å². The van der Waals surface area contributed by atoms with Gasteiger partial charge in [0.1, 0.15) is 5.78 Å². The average molecular weight is 294 g/mol. The van der Waals surface area contributed by atoms with Crippen LogP contribution in [0.25, 0.3) is 0 Å². The van der Waals surface area contributed by atoms with Gasteiger partial charge in [-0.05, 0) is 47.9 Å². The van der Waals surface area contributed by atoms with Gasteiger partial charge in [-0.15, -0.1) is 0 Å². The molecule has 0 radical (unpaired) electrons. The highest BCUT2D eigenvalue weighted by atomic mass is 16.3. The predicted octanol–water partition coefficient (Wildman–Crippen LogP) is 3.28. The Bertz CT molecular complexity index is 660. The van der Waals surface area contributed by atoms with Gasteiger partial charge in [0.2, 0.25) is 0 Å². The highest BCUT2D eigenvalue weighted by molar-refractivity contribution is 5.83. The Kier molecular flexibility index (Phi) is 4.69. The molecule has 2 aliphatic rings. The molecular formula is C20H22O2. The molecule has 2 nitrogen and oxygen atoms in total. The number of aliphatic hydroxyl groups is 1. The molecule has 2 aliphatic carbocycles. The van der Waals surface area contributed by atoms with Crippen molar-refractivity contribution in [1.82, 2.24) is 0 Å². The Morgan fingerprint density at radius 1 is 0.773 bits per heavy atom. The van der Waals surface area contributed by atoms with Crippen LogP contribution in [0.1, 0.15) is 35.1 Å². The molecule has 2 heteroatoms. The van der Waals surface area contributed by atoms with Crippen molar-refractivity contribution in [2.75, 3.05) is 0 Å². The fraction of sp³-hybridized carbons (Fsp3) is 0.350. The number of carbonyl (C=O) groups excluding carboxylic acids is 1. The highest BCUT2D eigenvalue weighted by Crippen LogP contribution is 2.20. The van der Waals surface area contributed by atoms with Crippen LogP contribution in [0.2, 0.25) is 0 Å². The summed E-state index contributed by atoms with van der Waals surface area (Å²) in [6.07, 6.45) is 5.03. The topological polar surface area (TPSA) is 37.3 Å². The summed E-state index contributed by atoms with van der Waals surface area (Å²) < 4.78 is 0. The fourth-order valence-electron chi connectivity index (χ4n) is 3.23. The number of rotatable bonds is 0. The number of hydrogen-bond donors (Lipinski definition) is 1. The zero-order valence-electron chi connectivity index (χ0n) is 12.8. The summed E-state index contributed by atoms with van der Waals surface area (Å²) in [4.78, 5) is 11.0. The number of ketones is 1. The molecular weight excluding hydrogens is 272 g/mol. The summed E-state index contributed by atoms with van der Waals surface area (Å²) in [6, 6.07) is 16.6. The molecule has 0 aromatic heterocycles. The number of benzene rings is 2. The number of Topliss-reactive ketones (excluding diaryl/α,β-unsaturated/α-hetero) is 1. The molecule has 0 unspecified atom stereocenters. The minimum absolute atomic E-state index is 0.107. The molecule has 114 valence electrons. The van der Waals surface area contributed by atoms with E-state index in [1.807, 2.05) is 24.3 Å². The largest absolute Gasteiger partial charge is 0.393 e. The Balaban J connectivity index is 0.000000131. The zero-order valence-corrected chi connectivity index (χ0v) is 12.8. The van der Waals surface area contributed by atoms with Crippen LogP contribution in [0.4, 0.5) is 0 Å². The molecule has 0 heterocycles. The molecule has 2 aromatic rings. The van der Waals surface area contributed by atoms with Crippen molar-refractivity contribution in [3.05, 3.63) is 70.8 Å². The SMILES string of the molecule is O=C1CCc2ccccc2C1.O[C@H]1CCc2ccccc2C1. The lowest BCUT2D eigenvalue weighted by Crippen LogP contribution is -2.18. The molecule has 0 aliphatic heterocycles. The van der Waals surface area contributed by atoms with Crippen LogP contribution >= 0.6 is 0 Å². The number of aryl methyl sites for hydroxylation is 2. The second kappa shape index (κ2) is 6.89. The van der Waals surface area contributed by atoms with Crippen molar-refractivity contribution in [1.29, 1.82) is 0 Å². The van der Waals surface area contributed by atoms with E-state index in [1.165, 1.54) is 22.3 Å². The number of hydrogen-bond acceptors (Lipinski definition) is 2. The van der Waals surface area contributed by atoms with E-state index in [4.69, 9.17) is 0 Å². The van der Waals surface area contributed by atoms with Gasteiger partial charge in [-0.1, -0.05) is 48.5 Å². The third-order valence-corrected chi connectivity index (χ3v) is 4.50. The molecule has 0 saturated carbocycles. The van der Waals surface area contributed by atoms with Crippen LogP contribution < -0.4 is 0 Å². The maximum absolute atomic E-state index is 11.0. The number of aliphatic hydroxyl groups excluding tert-OH is 1. The lowest BCUT2D eigenvalue weighted by molar-refractivity contribution is -0.118. The molecule has 4 rings (SSSR count). The van der Waals surface area contributed by atoms with Gasteiger partial charge >= 0.3 is 0 Å². The van der Waals surface area contributed by atoms with Crippen molar-refractivity contribution in [2.45, 2.75) is 44.6 Å². The van der Waals surface area contributed by atoms with E-state index in [1.54, 1.807) is 0 Å². The van der Waals surface area contributed by atoms with Gasteiger partial charge in [0.25, 0.3) is 0 Å². The lowest BCUT2D eigenvalue weighted by Gasteiger charge is -2.19. The second-order valence-corrected chi connectivity index (χ2v) is 6.15. The molecule has 1 N–H and O–H groups in total. The van der Waals surface area contributed by atoms with Crippen LogP contribution in [-0.4, -0.2) is 17.0 Å². The predicted molar refractivity (Wildman–Crippen MR) is 87.9 cm³/mol. The Morgan fingerprint density at radius 2 is 1.36 bits per heavy atom. The van der Waals surface area contributed by atoms with Gasteiger partial charge in [-0.3, -0.25) is 4.79 Å². The van der Waals surface area contributed by atoms with E-state index in [-0.39, 0.29) is 6.10 Å². The first-order chi connectivity index (χ1) is 10.7. The first-order valence-corrected chi connectivity index (χ1v) is 8.05. The zero-order chi connectivity index (χ0) is 15.4. The number of fused-ring (bicyclic) bond motifs is 2. The molecule has 0 bridgehead atoms. The van der Waals surface area contributed by atoms with E-state index in [0.29, 0.717) is 12.2 Å². The summed E-state index contributed by atoms with van der Waals surface area (Å²) in [5, 5.41) is 9.36. The molecule has 1 atom stereocenters. The third-order valence-electron chi connectivity index (χ3n) is 4.50. The second-order valence-electron chi connectivity index (χ2n) is 6.15. The van der Waals surface area contributed by atoms with Gasteiger partial charge < -0.3 is 5.11 Å². The smallest absolute Gasteiger partial charge is 0.137 e. The fourth-order valence-corrected chi connectivity index (χ4v) is 3.23. The Morgan fingerprint density at radius 3 is 2.09 bits per heavy atom. The quantitative estimate of drug-likeness (QED) is 0.809. The molecule has 22 heavy (non-hydrogen) atoms. The van der Waals surface area contributed by atoms with Crippen LogP contribution in [0.3, 0.4) is 0 Å². The van der Waals surface area contributed by atoms with Crippen molar-refractivity contribution in [2.24, 2.45) is 0 Å². The standard InChI is InChI=1S/C10H12O.C10H10O/c2*11-10-6-5-8-3-1-2-4-9(8)7-10/h1-4,10-11H,5-7H2;1-4H,5-7H2/t10-;/m0./s1. The summed E-state index contributed by atoms with van der Waals surface area (Å²) in [6.45, 7) is 0. The monoisotopic (exact) mass is 294 g/mol. The minimum atomic E-state index is -0.107. The van der Waals surface area contributed by atoms with Gasteiger partial charge in [0.15, 0.2) is 0 Å². The molecule has 0 fully saturated rings. The van der Waals surface area contributed by atoms with Crippen molar-refractivity contribution < 1.29 is 9.90 Å². The van der Waals surface area contributed by atoms with E-state index in [9.17, 15) is 9.90 Å². The molecule has 0 spiro atoms. The van der Waals surface area contributed by atoms with Gasteiger partial charge in [-0.2, -0.15) is 0 Å². The normalized spacial score (nSPS) is 19.5. The summed E-state index contributed by atoms with van der Waals surface area (Å²) in [7, 11) is 0. The van der Waals surface area contributed by atoms with E-state index in [0.717, 1.165) is 32.1 Å². The third kappa shape index (κ3) is 3.63. The molecule has 2 aromatic carbocycles. The highest BCUT2D eigenvalue weighted by Gasteiger charge is 2.15. The molecule has 0 amide bonds. The minimum Gasteiger partial charge on any atom is -0.393 e. The van der Waals surface area contributed by atoms with Gasteiger partial charge in [0.05, 0.1) is 6.10 Å². The first kappa shape index (κ1) is 15.0. The summed E-state index contributed by atoms with van der Waals surface area (Å²) >= 11 is 0. The Hall–Kier alpha value is -1.93. The van der Waals surface area contributed by atoms with E-state index in [2.05, 4.69) is 24.3 Å². The van der Waals surface area contributed by atoms with Gasteiger partial charge in [0, 0.05) is 12.8 Å². The molecule has 0 saturated heterocycles. The van der Waals surface area contributed by atoms with E-state index < -0.39 is 0 Å². The van der Waals surface area contributed by atoms with Crippen molar-refractivity contribution in [3.8, 4) is 0 Å². The Labute approximate surface area is 131 Å². The number of carbonyl (C=O) groups is 1. The van der Waals surface area contributed by atoms with Gasteiger partial charge in [-0.25, -0.2) is 0 Å². The average Bonchev–Trinajstić information content (AvgIpc) is 2.55. The lowest BCUT2D eigenvalue weighted by atomic mass is 9.90. The van der Waals surface area contributed by atoms with E-state index >= 15 is 0 Å². The van der Waals surface area contributed by atoms with Crippen LogP contribution in [0.15, 0.2) is 48.5 Å². The summed E-state index contributed by atoms with van der Waals surface area (Å²) in [5.41, 5.74) is 5.32. The van der Waals surface area contributed by atoms with Crippen LogP contribution in [-0.2, 0) is 30.5 Å². The summed E-state index contributed by atoms with van der Waals surface area (Å²) in [5.74, 6) is 0.378. The van der Waals surface area contributed by atoms with Crippen LogP contribution in [0.5, 0.6) is 0 Å². The first-order valence-electron chi connectivity index (χ1n) is 8.05. The maximum Gasteiger partial charge on any atom is 0.137 e. The van der Waals surface area contributed by atoms with Crippen LogP contribution in [0, 0.1) is 0 Å².